The van der Waals surface area contributed by atoms with Crippen LogP contribution in [-0.4, -0.2) is 37.2 Å². The Morgan fingerprint density at radius 1 is 0.273 bits per heavy atom. The van der Waals surface area contributed by atoms with E-state index in [1.54, 1.807) is 0 Å². The van der Waals surface area contributed by atoms with E-state index in [1.165, 1.54) is 167 Å². The minimum absolute atomic E-state index is 0.105. The standard InChI is InChI=1S/C71H122O6/c1-4-7-10-13-16-19-22-25-27-28-29-30-31-32-33-34-35-36-37-38-39-40-41-42-44-46-49-52-55-58-61-64-70(73)76-67-68(66-75-69(72)63-60-57-54-51-48-45-24-21-18-15-12-9-6-3)77-71(74)65-62-59-56-53-50-47-43-26-23-20-17-14-11-8-5-2/h8-9,11-12,17-18,20-21,26,28-29,43,45,48,54,57,68H,4-7,10,13-16,19,22-25,27,30-42,44,46-47,49-53,55-56,58-67H2,1-3H3/b11-8-,12-9-,20-17-,21-18-,29-28-,43-26-,48-45-,57-54-. The van der Waals surface area contributed by atoms with Crippen LogP contribution in [0.5, 0.6) is 0 Å². The molecule has 0 aromatic heterocycles. The largest absolute Gasteiger partial charge is 0.462 e. The number of allylic oxidation sites excluding steroid dienone is 16. The number of carbonyl (C=O) groups excluding carboxylic acids is 3. The van der Waals surface area contributed by atoms with Crippen molar-refractivity contribution < 1.29 is 28.6 Å². The zero-order valence-corrected chi connectivity index (χ0v) is 50.7. The van der Waals surface area contributed by atoms with Crippen LogP contribution in [-0.2, 0) is 28.6 Å². The molecule has 0 heterocycles. The van der Waals surface area contributed by atoms with E-state index >= 15 is 0 Å². The Morgan fingerprint density at radius 2 is 0.532 bits per heavy atom. The third kappa shape index (κ3) is 63.0. The summed E-state index contributed by atoms with van der Waals surface area (Å²) in [5.41, 5.74) is 0. The third-order valence-electron chi connectivity index (χ3n) is 14.1. The summed E-state index contributed by atoms with van der Waals surface area (Å²) in [7, 11) is 0. The molecule has 0 bridgehead atoms. The summed E-state index contributed by atoms with van der Waals surface area (Å²) in [4.78, 5) is 38.2. The molecule has 0 aliphatic carbocycles. The third-order valence-corrected chi connectivity index (χ3v) is 14.1. The van der Waals surface area contributed by atoms with Gasteiger partial charge in [0.25, 0.3) is 0 Å². The van der Waals surface area contributed by atoms with Gasteiger partial charge in [0.15, 0.2) is 6.10 Å². The normalized spacial score (nSPS) is 12.7. The highest BCUT2D eigenvalue weighted by molar-refractivity contribution is 5.71. The lowest BCUT2D eigenvalue weighted by Crippen LogP contribution is -2.30. The Bertz CT molecular complexity index is 1510. The smallest absolute Gasteiger partial charge is 0.306 e. The van der Waals surface area contributed by atoms with E-state index in [4.69, 9.17) is 14.2 Å². The maximum Gasteiger partial charge on any atom is 0.306 e. The molecule has 442 valence electrons. The number of hydrogen-bond acceptors (Lipinski definition) is 6. The van der Waals surface area contributed by atoms with E-state index < -0.39 is 6.10 Å². The van der Waals surface area contributed by atoms with Crippen molar-refractivity contribution in [3.05, 3.63) is 97.2 Å². The lowest BCUT2D eigenvalue weighted by Gasteiger charge is -2.18. The summed E-state index contributed by atoms with van der Waals surface area (Å²) < 4.78 is 16.8. The second-order valence-corrected chi connectivity index (χ2v) is 21.6. The maximum atomic E-state index is 12.9. The Hall–Kier alpha value is -3.67. The van der Waals surface area contributed by atoms with Crippen LogP contribution < -0.4 is 0 Å². The van der Waals surface area contributed by atoms with Crippen molar-refractivity contribution in [1.82, 2.24) is 0 Å². The molecule has 6 heteroatoms. The van der Waals surface area contributed by atoms with E-state index in [0.717, 1.165) is 103 Å². The van der Waals surface area contributed by atoms with Crippen LogP contribution >= 0.6 is 0 Å². The van der Waals surface area contributed by atoms with Crippen molar-refractivity contribution in [1.29, 1.82) is 0 Å². The predicted octanol–water partition coefficient (Wildman–Crippen LogP) is 22.4. The molecular formula is C71H122O6. The molecule has 6 nitrogen and oxygen atoms in total. The number of ether oxygens (including phenoxy) is 3. The molecule has 0 fully saturated rings. The van der Waals surface area contributed by atoms with Crippen LogP contribution in [0.25, 0.3) is 0 Å². The van der Waals surface area contributed by atoms with Crippen molar-refractivity contribution in [3.63, 3.8) is 0 Å². The number of esters is 3. The number of carbonyl (C=O) groups is 3. The van der Waals surface area contributed by atoms with Crippen LogP contribution in [0.2, 0.25) is 0 Å². The average Bonchev–Trinajstić information content (AvgIpc) is 3.43. The van der Waals surface area contributed by atoms with E-state index in [2.05, 4.69) is 112 Å². The topological polar surface area (TPSA) is 78.9 Å². The van der Waals surface area contributed by atoms with Gasteiger partial charge in [-0.3, -0.25) is 14.4 Å². The highest BCUT2D eigenvalue weighted by Crippen LogP contribution is 2.17. The molecule has 0 amide bonds. The summed E-state index contributed by atoms with van der Waals surface area (Å²) in [5.74, 6) is -1.000. The summed E-state index contributed by atoms with van der Waals surface area (Å²) in [6.07, 6.45) is 87.5. The van der Waals surface area contributed by atoms with Crippen LogP contribution in [0.15, 0.2) is 97.2 Å². The van der Waals surface area contributed by atoms with Crippen molar-refractivity contribution in [2.75, 3.05) is 13.2 Å². The number of rotatable bonds is 59. The van der Waals surface area contributed by atoms with E-state index in [0.29, 0.717) is 19.3 Å². The molecule has 1 atom stereocenters. The molecule has 0 saturated carbocycles. The van der Waals surface area contributed by atoms with Gasteiger partial charge in [-0.1, -0.05) is 291 Å². The van der Waals surface area contributed by atoms with Gasteiger partial charge in [-0.15, -0.1) is 0 Å². The Labute approximate surface area is 477 Å². The van der Waals surface area contributed by atoms with Crippen molar-refractivity contribution in [2.24, 2.45) is 0 Å². The fraction of sp³-hybridized carbons (Fsp3) is 0.732. The highest BCUT2D eigenvalue weighted by atomic mass is 16.6. The van der Waals surface area contributed by atoms with Crippen molar-refractivity contribution >= 4 is 17.9 Å². The Morgan fingerprint density at radius 3 is 0.883 bits per heavy atom. The van der Waals surface area contributed by atoms with Gasteiger partial charge in [0.05, 0.1) is 0 Å². The molecule has 0 radical (unpaired) electrons. The summed E-state index contributed by atoms with van der Waals surface area (Å²) in [6.45, 7) is 6.36. The van der Waals surface area contributed by atoms with Crippen LogP contribution in [0, 0.1) is 0 Å². The zero-order valence-electron chi connectivity index (χ0n) is 50.7. The summed E-state index contributed by atoms with van der Waals surface area (Å²) >= 11 is 0. The van der Waals surface area contributed by atoms with Gasteiger partial charge in [-0.05, 0) is 103 Å². The van der Waals surface area contributed by atoms with E-state index in [9.17, 15) is 14.4 Å². The van der Waals surface area contributed by atoms with Crippen molar-refractivity contribution in [3.8, 4) is 0 Å². The van der Waals surface area contributed by atoms with Gasteiger partial charge in [-0.25, -0.2) is 0 Å². The quantitative estimate of drug-likeness (QED) is 0.0261. The molecule has 0 aromatic carbocycles. The second kappa shape index (κ2) is 64.9. The monoisotopic (exact) mass is 1070 g/mol. The van der Waals surface area contributed by atoms with E-state index in [-0.39, 0.29) is 37.5 Å². The van der Waals surface area contributed by atoms with Gasteiger partial charge in [0, 0.05) is 19.3 Å². The van der Waals surface area contributed by atoms with Gasteiger partial charge in [0.1, 0.15) is 13.2 Å². The summed E-state index contributed by atoms with van der Waals surface area (Å²) in [5, 5.41) is 0. The molecule has 0 spiro atoms. The van der Waals surface area contributed by atoms with Crippen molar-refractivity contribution in [2.45, 2.75) is 322 Å². The van der Waals surface area contributed by atoms with E-state index in [1.807, 2.05) is 6.08 Å². The van der Waals surface area contributed by atoms with Gasteiger partial charge >= 0.3 is 17.9 Å². The fourth-order valence-corrected chi connectivity index (χ4v) is 9.23. The number of unbranched alkanes of at least 4 members (excludes halogenated alkanes) is 32. The molecule has 0 aliphatic heterocycles. The van der Waals surface area contributed by atoms with Gasteiger partial charge in [0.2, 0.25) is 0 Å². The molecule has 0 rings (SSSR count). The molecular weight excluding hydrogens is 949 g/mol. The second-order valence-electron chi connectivity index (χ2n) is 21.6. The summed E-state index contributed by atoms with van der Waals surface area (Å²) in [6, 6.07) is 0. The SMILES string of the molecule is CC/C=C\C/C=C\C/C=C\C/C=C\CCC(=O)OCC(COC(=O)CCCCCCCCCCCCCCCCCCCCC/C=C\CCCCCCCCCC)OC(=O)CCCCCCC/C=C\C/C=C\C/C=C\CC. The fourth-order valence-electron chi connectivity index (χ4n) is 9.23. The minimum Gasteiger partial charge on any atom is -0.462 e. The van der Waals surface area contributed by atoms with Gasteiger partial charge < -0.3 is 14.2 Å². The molecule has 77 heavy (non-hydrogen) atoms. The first-order chi connectivity index (χ1) is 38.0. The lowest BCUT2D eigenvalue weighted by atomic mass is 10.0. The Kier molecular flexibility index (Phi) is 61.8. The zero-order chi connectivity index (χ0) is 55.7. The molecule has 0 aromatic rings. The predicted molar refractivity (Wildman–Crippen MR) is 334 cm³/mol. The first-order valence-electron chi connectivity index (χ1n) is 32.7. The van der Waals surface area contributed by atoms with Crippen LogP contribution in [0.3, 0.4) is 0 Å². The van der Waals surface area contributed by atoms with Gasteiger partial charge in [-0.2, -0.15) is 0 Å². The number of hydrogen-bond donors (Lipinski definition) is 0. The molecule has 0 N–H and O–H groups in total. The average molecular weight is 1070 g/mol. The first-order valence-corrected chi connectivity index (χ1v) is 32.7. The first kappa shape index (κ1) is 73.3. The van der Waals surface area contributed by atoms with Crippen LogP contribution in [0.4, 0.5) is 0 Å². The molecule has 1 unspecified atom stereocenters. The minimum atomic E-state index is -0.816. The maximum absolute atomic E-state index is 12.9. The Balaban J connectivity index is 4.20. The molecule has 0 saturated heterocycles. The highest BCUT2D eigenvalue weighted by Gasteiger charge is 2.19. The lowest BCUT2D eigenvalue weighted by molar-refractivity contribution is -0.166. The molecule has 0 aliphatic rings. The van der Waals surface area contributed by atoms with Crippen LogP contribution in [0.1, 0.15) is 316 Å².